The maximum Gasteiger partial charge on any atom is 0.272 e. The monoisotopic (exact) mass is 353 g/mol. The first-order valence-corrected chi connectivity index (χ1v) is 9.29. The van der Waals surface area contributed by atoms with Gasteiger partial charge in [0.05, 0.1) is 12.8 Å². The highest BCUT2D eigenvalue weighted by Gasteiger charge is 2.51. The molecule has 2 bridgehead atoms. The van der Waals surface area contributed by atoms with Crippen molar-refractivity contribution in [1.29, 1.82) is 0 Å². The number of amides is 1. The van der Waals surface area contributed by atoms with Gasteiger partial charge in [0.1, 0.15) is 11.4 Å². The summed E-state index contributed by atoms with van der Waals surface area (Å²) in [5.74, 6) is 0.879. The Balaban J connectivity index is 1.55. The van der Waals surface area contributed by atoms with E-state index in [2.05, 4.69) is 35.9 Å². The summed E-state index contributed by atoms with van der Waals surface area (Å²) < 4.78 is 5.19. The van der Waals surface area contributed by atoms with Crippen LogP contribution in [-0.4, -0.2) is 40.7 Å². The van der Waals surface area contributed by atoms with Crippen LogP contribution in [0.5, 0.6) is 5.75 Å². The lowest BCUT2D eigenvalue weighted by atomic mass is 9.65. The molecule has 1 amide bonds. The van der Waals surface area contributed by atoms with Crippen molar-refractivity contribution in [2.24, 2.45) is 10.8 Å². The molecule has 2 aromatic rings. The van der Waals surface area contributed by atoms with E-state index in [4.69, 9.17) is 4.74 Å². The van der Waals surface area contributed by atoms with Gasteiger partial charge in [0.15, 0.2) is 0 Å². The van der Waals surface area contributed by atoms with E-state index in [1.54, 1.807) is 7.11 Å². The summed E-state index contributed by atoms with van der Waals surface area (Å²) in [5, 5.41) is 7.30. The summed E-state index contributed by atoms with van der Waals surface area (Å²) in [5.41, 5.74) is 2.86. The molecule has 2 atom stereocenters. The lowest BCUT2D eigenvalue weighted by molar-refractivity contribution is 0.0702. The predicted molar refractivity (Wildman–Crippen MR) is 101 cm³/mol. The normalized spacial score (nSPS) is 26.8. The fraction of sp³-hybridized carbons (Fsp3) is 0.524. The molecule has 138 valence electrons. The molecule has 1 aromatic carbocycles. The first-order valence-electron chi connectivity index (χ1n) is 9.29. The molecule has 5 heteroatoms. The molecular formula is C21H27N3O2. The quantitative estimate of drug-likeness (QED) is 0.903. The Labute approximate surface area is 154 Å². The van der Waals surface area contributed by atoms with Gasteiger partial charge < -0.3 is 9.64 Å². The molecule has 2 heterocycles. The molecule has 1 saturated heterocycles. The van der Waals surface area contributed by atoms with Crippen molar-refractivity contribution in [3.8, 4) is 17.0 Å². The second-order valence-corrected chi connectivity index (χ2v) is 9.04. The Bertz CT molecular complexity index is 824. The van der Waals surface area contributed by atoms with Gasteiger partial charge in [0, 0.05) is 18.2 Å². The van der Waals surface area contributed by atoms with E-state index in [0.29, 0.717) is 17.2 Å². The number of hydrogen-bond acceptors (Lipinski definition) is 3. The SMILES string of the molecule is COc1ccc(-c2cc(C(=O)N3C[C@]4(C)C[C@H]3CC(C)(C)C4)[nH]n2)cc1. The second-order valence-electron chi connectivity index (χ2n) is 9.04. The number of nitrogens with zero attached hydrogens (tertiary/aromatic N) is 2. The molecule has 0 radical (unpaired) electrons. The maximum atomic E-state index is 13.1. The first-order chi connectivity index (χ1) is 12.3. The zero-order valence-corrected chi connectivity index (χ0v) is 16.0. The van der Waals surface area contributed by atoms with Crippen LogP contribution < -0.4 is 4.74 Å². The molecule has 0 unspecified atom stereocenters. The van der Waals surface area contributed by atoms with Crippen molar-refractivity contribution < 1.29 is 9.53 Å². The fourth-order valence-electron chi connectivity index (χ4n) is 5.19. The molecule has 0 spiro atoms. The van der Waals surface area contributed by atoms with E-state index in [0.717, 1.165) is 36.4 Å². The molecule has 26 heavy (non-hydrogen) atoms. The van der Waals surface area contributed by atoms with Crippen molar-refractivity contribution >= 4 is 5.91 Å². The number of hydrogen-bond donors (Lipinski definition) is 1. The van der Waals surface area contributed by atoms with Gasteiger partial charge in [0.25, 0.3) is 5.91 Å². The van der Waals surface area contributed by atoms with E-state index in [-0.39, 0.29) is 11.3 Å². The molecule has 1 N–H and O–H groups in total. The summed E-state index contributed by atoms with van der Waals surface area (Å²) in [6.45, 7) is 7.81. The van der Waals surface area contributed by atoms with Gasteiger partial charge >= 0.3 is 0 Å². The average molecular weight is 353 g/mol. The minimum Gasteiger partial charge on any atom is -0.497 e. The van der Waals surface area contributed by atoms with E-state index < -0.39 is 0 Å². The number of ether oxygens (including phenoxy) is 1. The van der Waals surface area contributed by atoms with Crippen LogP contribution in [0.25, 0.3) is 11.3 Å². The average Bonchev–Trinajstić information content (AvgIpc) is 3.16. The van der Waals surface area contributed by atoms with E-state index in [9.17, 15) is 4.79 Å². The summed E-state index contributed by atoms with van der Waals surface area (Å²) in [4.78, 5) is 15.2. The minimum absolute atomic E-state index is 0.0729. The number of carbonyl (C=O) groups excluding carboxylic acids is 1. The number of aromatic amines is 1. The molecule has 1 aliphatic carbocycles. The Morgan fingerprint density at radius 3 is 2.65 bits per heavy atom. The Morgan fingerprint density at radius 2 is 1.96 bits per heavy atom. The highest BCUT2D eigenvalue weighted by atomic mass is 16.5. The summed E-state index contributed by atoms with van der Waals surface area (Å²) in [6, 6.07) is 9.91. The topological polar surface area (TPSA) is 58.2 Å². The molecule has 1 saturated carbocycles. The molecule has 4 rings (SSSR count). The van der Waals surface area contributed by atoms with E-state index in [1.807, 2.05) is 30.3 Å². The Hall–Kier alpha value is -2.30. The third-order valence-corrected chi connectivity index (χ3v) is 5.87. The zero-order chi connectivity index (χ0) is 18.5. The largest absolute Gasteiger partial charge is 0.497 e. The van der Waals surface area contributed by atoms with Crippen LogP contribution in [0.3, 0.4) is 0 Å². The number of methoxy groups -OCH3 is 1. The number of fused-ring (bicyclic) bond motifs is 2. The van der Waals surface area contributed by atoms with Gasteiger partial charge in [-0.15, -0.1) is 0 Å². The standard InChI is InChI=1S/C21H27N3O2/c1-20(2)10-15-11-21(3,12-20)13-24(15)19(25)18-9-17(22-23-18)14-5-7-16(26-4)8-6-14/h5-9,15H,10-13H2,1-4H3,(H,22,23)/t15-,21-/m1/s1. The molecule has 1 aliphatic heterocycles. The van der Waals surface area contributed by atoms with Crippen LogP contribution >= 0.6 is 0 Å². The van der Waals surface area contributed by atoms with Crippen LogP contribution in [0, 0.1) is 10.8 Å². The Morgan fingerprint density at radius 1 is 1.23 bits per heavy atom. The number of likely N-dealkylation sites (tertiary alicyclic amines) is 1. The van der Waals surface area contributed by atoms with Gasteiger partial charge in [-0.2, -0.15) is 5.10 Å². The Kier molecular flexibility index (Phi) is 3.86. The van der Waals surface area contributed by atoms with Crippen molar-refractivity contribution in [3.63, 3.8) is 0 Å². The molecule has 1 aromatic heterocycles. The predicted octanol–water partition coefficient (Wildman–Crippen LogP) is 4.13. The molecular weight excluding hydrogens is 326 g/mol. The van der Waals surface area contributed by atoms with E-state index in [1.165, 1.54) is 6.42 Å². The first kappa shape index (κ1) is 17.1. The molecule has 2 fully saturated rings. The third-order valence-electron chi connectivity index (χ3n) is 5.87. The van der Waals surface area contributed by atoms with Crippen molar-refractivity contribution in [2.45, 2.75) is 46.1 Å². The number of benzene rings is 1. The second kappa shape index (κ2) is 5.86. The van der Waals surface area contributed by atoms with Gasteiger partial charge in [-0.1, -0.05) is 20.8 Å². The number of rotatable bonds is 3. The highest BCUT2D eigenvalue weighted by molar-refractivity contribution is 5.94. The van der Waals surface area contributed by atoms with Gasteiger partial charge in [-0.25, -0.2) is 0 Å². The van der Waals surface area contributed by atoms with Gasteiger partial charge in [-0.3, -0.25) is 9.89 Å². The van der Waals surface area contributed by atoms with Crippen LogP contribution in [0.15, 0.2) is 30.3 Å². The molecule has 5 nitrogen and oxygen atoms in total. The molecule has 2 aliphatic rings. The summed E-state index contributed by atoms with van der Waals surface area (Å²) in [7, 11) is 1.65. The maximum absolute atomic E-state index is 13.1. The van der Waals surface area contributed by atoms with Crippen molar-refractivity contribution in [3.05, 3.63) is 36.0 Å². The lowest BCUT2D eigenvalue weighted by Crippen LogP contribution is -2.37. The summed E-state index contributed by atoms with van der Waals surface area (Å²) in [6.07, 6.45) is 3.37. The highest BCUT2D eigenvalue weighted by Crippen LogP contribution is 2.52. The van der Waals surface area contributed by atoms with Crippen molar-refractivity contribution in [2.75, 3.05) is 13.7 Å². The van der Waals surface area contributed by atoms with Crippen LogP contribution in [0.2, 0.25) is 0 Å². The van der Waals surface area contributed by atoms with Gasteiger partial charge in [-0.05, 0) is 60.4 Å². The zero-order valence-electron chi connectivity index (χ0n) is 16.0. The van der Waals surface area contributed by atoms with Crippen LogP contribution in [0.1, 0.15) is 50.5 Å². The number of carbonyl (C=O) groups is 1. The van der Waals surface area contributed by atoms with Crippen molar-refractivity contribution in [1.82, 2.24) is 15.1 Å². The van der Waals surface area contributed by atoms with Gasteiger partial charge in [0.2, 0.25) is 0 Å². The van der Waals surface area contributed by atoms with E-state index >= 15 is 0 Å². The third kappa shape index (κ3) is 3.00. The smallest absolute Gasteiger partial charge is 0.272 e. The summed E-state index contributed by atoms with van der Waals surface area (Å²) >= 11 is 0. The van der Waals surface area contributed by atoms with Crippen LogP contribution in [-0.2, 0) is 0 Å². The minimum atomic E-state index is 0.0729. The number of H-pyrrole nitrogens is 1. The fourth-order valence-corrected chi connectivity index (χ4v) is 5.19. The number of nitrogens with one attached hydrogen (secondary N) is 1. The van der Waals surface area contributed by atoms with Crippen LogP contribution in [0.4, 0.5) is 0 Å². The lowest BCUT2D eigenvalue weighted by Gasteiger charge is -2.39. The number of aromatic nitrogens is 2.